The number of aromatic nitrogens is 1. The molecule has 0 saturated heterocycles. The van der Waals surface area contributed by atoms with Crippen LogP contribution in [0.15, 0.2) is 12.3 Å². The van der Waals surface area contributed by atoms with Crippen molar-refractivity contribution >= 4 is 40.9 Å². The van der Waals surface area contributed by atoms with Crippen molar-refractivity contribution in [3.8, 4) is 0 Å². The van der Waals surface area contributed by atoms with Crippen molar-refractivity contribution < 1.29 is 4.79 Å². The Hall–Kier alpha value is -0.270. The Morgan fingerprint density at radius 1 is 1.69 bits per heavy atom. The molecule has 6 heteroatoms. The van der Waals surface area contributed by atoms with Gasteiger partial charge in [-0.2, -0.15) is 0 Å². The molecule has 0 radical (unpaired) electrons. The summed E-state index contributed by atoms with van der Waals surface area (Å²) in [6.45, 7) is 0.569. The maximum Gasteiger partial charge on any atom is 0.267 e. The van der Waals surface area contributed by atoms with E-state index in [0.717, 1.165) is 3.57 Å². The van der Waals surface area contributed by atoms with Crippen LogP contribution >= 0.6 is 35.0 Å². The van der Waals surface area contributed by atoms with Gasteiger partial charge < -0.3 is 16.0 Å². The van der Waals surface area contributed by atoms with Crippen molar-refractivity contribution in [2.75, 3.05) is 6.54 Å². The summed E-state index contributed by atoms with van der Waals surface area (Å²) in [4.78, 5) is 14.5. The van der Waals surface area contributed by atoms with E-state index in [1.807, 2.05) is 6.07 Å². The van der Waals surface area contributed by atoms with Gasteiger partial charge in [0.15, 0.2) is 0 Å². The summed E-state index contributed by atoms with van der Waals surface area (Å²) in [7, 11) is 0. The lowest BCUT2D eigenvalue weighted by atomic mass is 10.2. The Kier molecular flexibility index (Phi) is 5.07. The summed E-state index contributed by atoms with van der Waals surface area (Å²) in [5, 5.41) is 2.83. The van der Waals surface area contributed by atoms with Gasteiger partial charge in [-0.1, -0.05) is 0 Å². The number of aromatic amines is 1. The fraction of sp³-hybridized carbons (Fsp3) is 0.500. The van der Waals surface area contributed by atoms with E-state index in [4.69, 9.17) is 5.73 Å². The van der Waals surface area contributed by atoms with Crippen LogP contribution in [0.2, 0.25) is 0 Å². The Morgan fingerprint density at radius 3 is 2.88 bits per heavy atom. The Morgan fingerprint density at radius 2 is 2.38 bits per heavy atom. The number of amides is 1. The Labute approximate surface area is 114 Å². The molecule has 1 heterocycles. The number of carbonyl (C=O) groups excluding carboxylic acids is 1. The van der Waals surface area contributed by atoms with Crippen LogP contribution in [0.5, 0.6) is 0 Å². The predicted octanol–water partition coefficient (Wildman–Crippen LogP) is 1.51. The van der Waals surface area contributed by atoms with Gasteiger partial charge in [-0.15, -0.1) is 12.4 Å². The smallest absolute Gasteiger partial charge is 0.267 e. The normalized spacial score (nSPS) is 16.4. The average Bonchev–Trinajstić information content (AvgIpc) is 2.97. The van der Waals surface area contributed by atoms with E-state index in [2.05, 4.69) is 32.9 Å². The molecule has 4 nitrogen and oxygen atoms in total. The van der Waals surface area contributed by atoms with Crippen LogP contribution in [0.1, 0.15) is 23.3 Å². The molecular weight excluding hydrogens is 340 g/mol. The zero-order valence-corrected chi connectivity index (χ0v) is 11.7. The first kappa shape index (κ1) is 13.8. The summed E-state index contributed by atoms with van der Waals surface area (Å²) in [6, 6.07) is 1.93. The Bertz CT molecular complexity index is 365. The molecule has 1 unspecified atom stereocenters. The fourth-order valence-corrected chi connectivity index (χ4v) is 1.96. The lowest BCUT2D eigenvalue weighted by Crippen LogP contribution is -2.38. The van der Waals surface area contributed by atoms with Crippen LogP contribution < -0.4 is 11.1 Å². The molecule has 90 valence electrons. The van der Waals surface area contributed by atoms with Crippen molar-refractivity contribution in [3.63, 3.8) is 0 Å². The number of hydrogen-bond donors (Lipinski definition) is 3. The summed E-state index contributed by atoms with van der Waals surface area (Å²) in [6.07, 6.45) is 4.21. The van der Waals surface area contributed by atoms with Crippen molar-refractivity contribution in [1.29, 1.82) is 0 Å². The minimum Gasteiger partial charge on any atom is -0.356 e. The second kappa shape index (κ2) is 5.88. The number of halogens is 2. The summed E-state index contributed by atoms with van der Waals surface area (Å²) >= 11 is 2.16. The number of nitrogens with one attached hydrogen (secondary N) is 2. The van der Waals surface area contributed by atoms with Crippen molar-refractivity contribution in [1.82, 2.24) is 10.3 Å². The van der Waals surface area contributed by atoms with E-state index in [1.165, 1.54) is 12.8 Å². The van der Waals surface area contributed by atoms with E-state index in [-0.39, 0.29) is 24.4 Å². The van der Waals surface area contributed by atoms with Gasteiger partial charge in [0.25, 0.3) is 5.91 Å². The maximum atomic E-state index is 11.6. The number of hydrogen-bond acceptors (Lipinski definition) is 2. The highest BCUT2D eigenvalue weighted by molar-refractivity contribution is 14.1. The SMILES string of the molecule is Cl.NC(CNC(=O)c1cc(I)c[nH]1)C1CC1. The molecule has 4 N–H and O–H groups in total. The molecule has 1 aromatic rings. The zero-order chi connectivity index (χ0) is 10.8. The monoisotopic (exact) mass is 355 g/mol. The predicted molar refractivity (Wildman–Crippen MR) is 73.8 cm³/mol. The molecule has 1 saturated carbocycles. The van der Waals surface area contributed by atoms with Crippen molar-refractivity contribution in [2.24, 2.45) is 11.7 Å². The zero-order valence-electron chi connectivity index (χ0n) is 8.70. The number of H-pyrrole nitrogens is 1. The molecule has 0 aliphatic heterocycles. The molecule has 0 aromatic carbocycles. The molecular formula is C10H15ClIN3O. The van der Waals surface area contributed by atoms with Crippen LogP contribution in [-0.4, -0.2) is 23.5 Å². The molecule has 0 bridgehead atoms. The second-order valence-electron chi connectivity index (χ2n) is 3.94. The number of nitrogens with two attached hydrogens (primary N) is 1. The minimum absolute atomic E-state index is 0. The van der Waals surface area contributed by atoms with Crippen LogP contribution in [0.3, 0.4) is 0 Å². The highest BCUT2D eigenvalue weighted by Crippen LogP contribution is 2.31. The van der Waals surface area contributed by atoms with Crippen LogP contribution in [0.25, 0.3) is 0 Å². The topological polar surface area (TPSA) is 70.9 Å². The third kappa shape index (κ3) is 3.64. The molecule has 1 aliphatic carbocycles. The van der Waals surface area contributed by atoms with Gasteiger partial charge in [0, 0.05) is 22.4 Å². The van der Waals surface area contributed by atoms with E-state index in [1.54, 1.807) is 6.20 Å². The van der Waals surface area contributed by atoms with E-state index in [0.29, 0.717) is 18.2 Å². The first-order valence-electron chi connectivity index (χ1n) is 5.04. The highest BCUT2D eigenvalue weighted by atomic mass is 127. The summed E-state index contributed by atoms with van der Waals surface area (Å²) < 4.78 is 1.03. The maximum absolute atomic E-state index is 11.6. The molecule has 0 spiro atoms. The third-order valence-electron chi connectivity index (χ3n) is 2.62. The molecule has 1 atom stereocenters. The molecule has 16 heavy (non-hydrogen) atoms. The molecule has 1 aromatic heterocycles. The van der Waals surface area contributed by atoms with E-state index < -0.39 is 0 Å². The lowest BCUT2D eigenvalue weighted by Gasteiger charge is -2.10. The van der Waals surface area contributed by atoms with Gasteiger partial charge in [0.2, 0.25) is 0 Å². The first-order chi connectivity index (χ1) is 7.16. The van der Waals surface area contributed by atoms with Crippen LogP contribution in [0, 0.1) is 9.49 Å². The largest absolute Gasteiger partial charge is 0.356 e. The first-order valence-corrected chi connectivity index (χ1v) is 6.12. The fourth-order valence-electron chi connectivity index (χ4n) is 1.50. The van der Waals surface area contributed by atoms with Gasteiger partial charge in [0.05, 0.1) is 0 Å². The van der Waals surface area contributed by atoms with Gasteiger partial charge >= 0.3 is 0 Å². The average molecular weight is 356 g/mol. The Balaban J connectivity index is 0.00000128. The van der Waals surface area contributed by atoms with Gasteiger partial charge in [-0.3, -0.25) is 4.79 Å². The molecule has 2 rings (SSSR count). The summed E-state index contributed by atoms with van der Waals surface area (Å²) in [5.74, 6) is 0.545. The minimum atomic E-state index is -0.0750. The molecule has 1 amide bonds. The van der Waals surface area contributed by atoms with Crippen molar-refractivity contribution in [3.05, 3.63) is 21.5 Å². The van der Waals surface area contributed by atoms with E-state index >= 15 is 0 Å². The quantitative estimate of drug-likeness (QED) is 0.717. The van der Waals surface area contributed by atoms with Crippen LogP contribution in [-0.2, 0) is 0 Å². The highest BCUT2D eigenvalue weighted by Gasteiger charge is 2.28. The molecule has 1 aliphatic rings. The lowest BCUT2D eigenvalue weighted by molar-refractivity contribution is 0.0946. The van der Waals surface area contributed by atoms with Crippen LogP contribution in [0.4, 0.5) is 0 Å². The third-order valence-corrected chi connectivity index (χ3v) is 3.24. The summed E-state index contributed by atoms with van der Waals surface area (Å²) in [5.41, 5.74) is 6.48. The van der Waals surface area contributed by atoms with Crippen molar-refractivity contribution in [2.45, 2.75) is 18.9 Å². The number of rotatable bonds is 4. The van der Waals surface area contributed by atoms with E-state index in [9.17, 15) is 4.79 Å². The molecule has 1 fully saturated rings. The van der Waals surface area contributed by atoms with Gasteiger partial charge in [-0.05, 0) is 47.4 Å². The standard InChI is InChI=1S/C10H14IN3O.ClH/c11-7-3-9(13-4-7)10(15)14-5-8(12)6-1-2-6;/h3-4,6,8,13H,1-2,5,12H2,(H,14,15);1H. The number of carbonyl (C=O) groups is 1. The van der Waals surface area contributed by atoms with Gasteiger partial charge in [0.1, 0.15) is 5.69 Å². The van der Waals surface area contributed by atoms with Gasteiger partial charge in [-0.25, -0.2) is 0 Å². The second-order valence-corrected chi connectivity index (χ2v) is 5.19.